The number of aromatic nitrogens is 1. The normalized spacial score (nSPS) is 15.0. The number of H-pyrrole nitrogens is 1. The first-order valence-corrected chi connectivity index (χ1v) is 13.0. The fourth-order valence-electron chi connectivity index (χ4n) is 4.41. The molecule has 2 aromatic carbocycles. The molecule has 2 heterocycles. The molecule has 180 valence electrons. The minimum Gasteiger partial charge on any atom is -0.496 e. The van der Waals surface area contributed by atoms with Crippen molar-refractivity contribution < 1.29 is 17.9 Å². The van der Waals surface area contributed by atoms with E-state index in [4.69, 9.17) is 4.74 Å². The third-order valence-corrected chi connectivity index (χ3v) is 8.21. The number of sulfonamides is 1. The Bertz CT molecular complexity index is 1220. The van der Waals surface area contributed by atoms with Gasteiger partial charge in [0.15, 0.2) is 0 Å². The molecular formula is C26H31N3O4S. The maximum atomic E-state index is 13.8. The number of carbonyl (C=O) groups is 1. The lowest BCUT2D eigenvalue weighted by molar-refractivity contribution is 0.0787. The van der Waals surface area contributed by atoms with E-state index in [0.29, 0.717) is 25.2 Å². The molecule has 0 bridgehead atoms. The number of methoxy groups -OCH3 is 1. The molecule has 1 saturated heterocycles. The Balaban J connectivity index is 1.64. The maximum Gasteiger partial charge on any atom is 0.270 e. The Morgan fingerprint density at radius 2 is 1.76 bits per heavy atom. The second-order valence-electron chi connectivity index (χ2n) is 8.65. The van der Waals surface area contributed by atoms with Gasteiger partial charge in [0.25, 0.3) is 5.91 Å². The third kappa shape index (κ3) is 5.18. The second kappa shape index (κ2) is 10.4. The number of carbonyl (C=O) groups excluding carboxylic acids is 1. The van der Waals surface area contributed by atoms with Gasteiger partial charge in [0.05, 0.1) is 7.11 Å². The van der Waals surface area contributed by atoms with E-state index in [1.54, 1.807) is 12.0 Å². The Hall–Kier alpha value is -3.10. The summed E-state index contributed by atoms with van der Waals surface area (Å²) in [5, 5.41) is 0. The van der Waals surface area contributed by atoms with Gasteiger partial charge in [-0.2, -0.15) is 4.31 Å². The topological polar surface area (TPSA) is 82.7 Å². The van der Waals surface area contributed by atoms with E-state index in [9.17, 15) is 13.2 Å². The van der Waals surface area contributed by atoms with Crippen LogP contribution in [0.5, 0.6) is 5.75 Å². The fourth-order valence-corrected chi connectivity index (χ4v) is 6.02. The van der Waals surface area contributed by atoms with Crippen LogP contribution >= 0.6 is 0 Å². The molecular weight excluding hydrogens is 450 g/mol. The number of ether oxygens (including phenoxy) is 1. The number of nitrogens with zero attached hydrogens (tertiary/aromatic N) is 2. The van der Waals surface area contributed by atoms with E-state index >= 15 is 0 Å². The lowest BCUT2D eigenvalue weighted by Gasteiger charge is -2.28. The molecule has 1 N–H and O–H groups in total. The number of likely N-dealkylation sites (tertiary alicyclic amines) is 1. The SMILES string of the molecule is COc1ccccc1CC(C)N(Cc1ccccc1)S(=O)(=O)c1c[nH]c(C(=O)N2CCCC2)c1. The Kier molecular flexibility index (Phi) is 7.38. The van der Waals surface area contributed by atoms with E-state index in [1.807, 2.05) is 61.5 Å². The average molecular weight is 482 g/mol. The van der Waals surface area contributed by atoms with Crippen molar-refractivity contribution in [1.82, 2.24) is 14.2 Å². The van der Waals surface area contributed by atoms with Gasteiger partial charge in [0.2, 0.25) is 10.0 Å². The molecule has 1 unspecified atom stereocenters. The van der Waals surface area contributed by atoms with Crippen LogP contribution < -0.4 is 4.74 Å². The standard InChI is InChI=1S/C26H31N3O4S/c1-20(16-22-12-6-7-13-25(22)33-2)29(19-21-10-4-3-5-11-21)34(31,32)23-17-24(27-18-23)26(30)28-14-8-9-15-28/h3-7,10-13,17-18,20,27H,8-9,14-16,19H2,1-2H3. The number of hydrogen-bond acceptors (Lipinski definition) is 4. The number of hydrogen-bond donors (Lipinski definition) is 1. The molecule has 1 aliphatic heterocycles. The van der Waals surface area contributed by atoms with Crippen LogP contribution in [-0.4, -0.2) is 54.8 Å². The van der Waals surface area contributed by atoms with Gasteiger partial charge in [-0.3, -0.25) is 4.79 Å². The highest BCUT2D eigenvalue weighted by molar-refractivity contribution is 7.89. The Labute approximate surface area is 201 Å². The van der Waals surface area contributed by atoms with Crippen LogP contribution in [0.4, 0.5) is 0 Å². The van der Waals surface area contributed by atoms with Crippen molar-refractivity contribution in [2.45, 2.75) is 43.7 Å². The number of nitrogens with one attached hydrogen (secondary N) is 1. The summed E-state index contributed by atoms with van der Waals surface area (Å²) in [6.45, 7) is 3.53. The molecule has 4 rings (SSSR count). The van der Waals surface area contributed by atoms with E-state index in [2.05, 4.69) is 4.98 Å². The van der Waals surface area contributed by atoms with Gasteiger partial charge in [-0.15, -0.1) is 0 Å². The molecule has 3 aromatic rings. The monoisotopic (exact) mass is 481 g/mol. The van der Waals surface area contributed by atoms with Crippen LogP contribution in [0.15, 0.2) is 71.8 Å². The second-order valence-corrected chi connectivity index (χ2v) is 10.5. The lowest BCUT2D eigenvalue weighted by atomic mass is 10.1. The molecule has 0 aliphatic carbocycles. The summed E-state index contributed by atoms with van der Waals surface area (Å²) in [4.78, 5) is 17.5. The zero-order chi connectivity index (χ0) is 24.1. The van der Waals surface area contributed by atoms with E-state index < -0.39 is 10.0 Å². The number of aromatic amines is 1. The van der Waals surface area contributed by atoms with Crippen LogP contribution in [0.1, 0.15) is 41.4 Å². The summed E-state index contributed by atoms with van der Waals surface area (Å²) in [5.74, 6) is 0.571. The minimum atomic E-state index is -3.88. The van der Waals surface area contributed by atoms with E-state index in [0.717, 1.165) is 29.7 Å². The molecule has 34 heavy (non-hydrogen) atoms. The first-order chi connectivity index (χ1) is 16.4. The molecule has 8 heteroatoms. The highest BCUT2D eigenvalue weighted by atomic mass is 32.2. The van der Waals surface area contributed by atoms with Crippen LogP contribution in [0.3, 0.4) is 0 Å². The van der Waals surface area contributed by atoms with Gasteiger partial charge in [0.1, 0.15) is 16.3 Å². The Morgan fingerprint density at radius 1 is 1.09 bits per heavy atom. The predicted molar refractivity (Wildman–Crippen MR) is 131 cm³/mol. The van der Waals surface area contributed by atoms with Crippen molar-refractivity contribution in [3.63, 3.8) is 0 Å². The number of amides is 1. The zero-order valence-corrected chi connectivity index (χ0v) is 20.4. The first-order valence-electron chi connectivity index (χ1n) is 11.6. The van der Waals surface area contributed by atoms with Crippen LogP contribution in [0.2, 0.25) is 0 Å². The molecule has 1 atom stereocenters. The van der Waals surface area contributed by atoms with Crippen molar-refractivity contribution >= 4 is 15.9 Å². The van der Waals surface area contributed by atoms with Gasteiger partial charge in [0, 0.05) is 31.9 Å². The van der Waals surface area contributed by atoms with E-state index in [-0.39, 0.29) is 23.4 Å². The van der Waals surface area contributed by atoms with Gasteiger partial charge >= 0.3 is 0 Å². The summed E-state index contributed by atoms with van der Waals surface area (Å²) < 4.78 is 34.6. The first kappa shape index (κ1) is 24.0. The smallest absolute Gasteiger partial charge is 0.270 e. The molecule has 1 aromatic heterocycles. The summed E-state index contributed by atoms with van der Waals surface area (Å²) in [6, 6.07) is 18.3. The summed E-state index contributed by atoms with van der Waals surface area (Å²) in [5.41, 5.74) is 2.13. The summed E-state index contributed by atoms with van der Waals surface area (Å²) in [6.07, 6.45) is 3.86. The number of para-hydroxylation sites is 1. The summed E-state index contributed by atoms with van der Waals surface area (Å²) in [7, 11) is -2.27. The van der Waals surface area contributed by atoms with Crippen LogP contribution in [-0.2, 0) is 23.0 Å². The third-order valence-electron chi connectivity index (χ3n) is 6.27. The van der Waals surface area contributed by atoms with E-state index in [1.165, 1.54) is 16.6 Å². The van der Waals surface area contributed by atoms with Gasteiger partial charge < -0.3 is 14.6 Å². The van der Waals surface area contributed by atoms with Gasteiger partial charge in [-0.1, -0.05) is 48.5 Å². The molecule has 0 saturated carbocycles. The largest absolute Gasteiger partial charge is 0.496 e. The summed E-state index contributed by atoms with van der Waals surface area (Å²) >= 11 is 0. The molecule has 0 spiro atoms. The molecule has 7 nitrogen and oxygen atoms in total. The van der Waals surface area contributed by atoms with Crippen molar-refractivity contribution in [2.75, 3.05) is 20.2 Å². The average Bonchev–Trinajstić information content (AvgIpc) is 3.56. The molecule has 1 amide bonds. The van der Waals surface area contributed by atoms with Crippen molar-refractivity contribution in [2.24, 2.45) is 0 Å². The predicted octanol–water partition coefficient (Wildman–Crippen LogP) is 4.08. The van der Waals surface area contributed by atoms with Crippen molar-refractivity contribution in [3.05, 3.63) is 83.7 Å². The zero-order valence-electron chi connectivity index (χ0n) is 19.6. The Morgan fingerprint density at radius 3 is 2.47 bits per heavy atom. The minimum absolute atomic E-state index is 0.0952. The van der Waals surface area contributed by atoms with Gasteiger partial charge in [-0.05, 0) is 49.4 Å². The quantitative estimate of drug-likeness (QED) is 0.499. The lowest BCUT2D eigenvalue weighted by Crippen LogP contribution is -2.39. The molecule has 1 aliphatic rings. The van der Waals surface area contributed by atoms with Crippen LogP contribution in [0.25, 0.3) is 0 Å². The molecule has 1 fully saturated rings. The maximum absolute atomic E-state index is 13.8. The fraction of sp³-hybridized carbons (Fsp3) is 0.346. The van der Waals surface area contributed by atoms with Gasteiger partial charge in [-0.25, -0.2) is 8.42 Å². The van der Waals surface area contributed by atoms with Crippen molar-refractivity contribution in [1.29, 1.82) is 0 Å². The van der Waals surface area contributed by atoms with Crippen molar-refractivity contribution in [3.8, 4) is 5.75 Å². The number of benzene rings is 2. The molecule has 0 radical (unpaired) electrons. The van der Waals surface area contributed by atoms with Crippen LogP contribution in [0, 0.1) is 0 Å². The highest BCUT2D eigenvalue weighted by Gasteiger charge is 2.32. The highest BCUT2D eigenvalue weighted by Crippen LogP contribution is 2.27. The number of rotatable bonds is 9.